The summed E-state index contributed by atoms with van der Waals surface area (Å²) in [4.78, 5) is 22.5. The van der Waals surface area contributed by atoms with E-state index in [0.717, 1.165) is 6.54 Å². The number of aliphatic hydroxyl groups is 1. The largest absolute Gasteiger partial charge is 0.480 e. The molecule has 0 radical (unpaired) electrons. The number of carboxylic acids is 1. The minimum atomic E-state index is -1.11. The first kappa shape index (κ1) is 12.9. The van der Waals surface area contributed by atoms with E-state index in [2.05, 4.69) is 10.6 Å². The standard InChI is InChI=1S/C10H18N2O4/c1-6-4-11-5-7(6)9(14)12-8(2-3-13)10(15)16/h6-8,11,13H,2-5H2,1H3,(H,12,14)(H,15,16)/t6-,7-,8?/m1/s1. The van der Waals surface area contributed by atoms with E-state index in [-0.39, 0.29) is 30.8 Å². The first-order valence-corrected chi connectivity index (χ1v) is 5.41. The number of hydrogen-bond acceptors (Lipinski definition) is 4. The minimum absolute atomic E-state index is 0.0373. The molecule has 1 aliphatic rings. The Labute approximate surface area is 94.0 Å². The molecule has 6 heteroatoms. The highest BCUT2D eigenvalue weighted by Gasteiger charge is 2.31. The summed E-state index contributed by atoms with van der Waals surface area (Å²) in [5.41, 5.74) is 0. The van der Waals surface area contributed by atoms with Crippen LogP contribution in [0.15, 0.2) is 0 Å². The SMILES string of the molecule is C[C@@H]1CNC[C@H]1C(=O)NC(CCO)C(=O)O. The summed E-state index contributed by atoms with van der Waals surface area (Å²) < 4.78 is 0. The van der Waals surface area contributed by atoms with Crippen molar-refractivity contribution in [3.05, 3.63) is 0 Å². The van der Waals surface area contributed by atoms with Gasteiger partial charge in [-0.15, -0.1) is 0 Å². The maximum atomic E-state index is 11.7. The van der Waals surface area contributed by atoms with Crippen molar-refractivity contribution in [2.75, 3.05) is 19.7 Å². The zero-order chi connectivity index (χ0) is 12.1. The van der Waals surface area contributed by atoms with E-state index < -0.39 is 12.0 Å². The van der Waals surface area contributed by atoms with Crippen LogP contribution in [0.3, 0.4) is 0 Å². The van der Waals surface area contributed by atoms with Gasteiger partial charge in [0.1, 0.15) is 6.04 Å². The van der Waals surface area contributed by atoms with E-state index in [1.54, 1.807) is 0 Å². The molecule has 0 aromatic rings. The number of hydrogen-bond donors (Lipinski definition) is 4. The monoisotopic (exact) mass is 230 g/mol. The van der Waals surface area contributed by atoms with Crippen molar-refractivity contribution in [2.45, 2.75) is 19.4 Å². The van der Waals surface area contributed by atoms with Gasteiger partial charge in [-0.25, -0.2) is 4.79 Å². The number of aliphatic hydroxyl groups excluding tert-OH is 1. The van der Waals surface area contributed by atoms with Crippen molar-refractivity contribution in [1.29, 1.82) is 0 Å². The Bertz CT molecular complexity index is 270. The molecule has 1 aliphatic heterocycles. The van der Waals surface area contributed by atoms with Crippen molar-refractivity contribution in [3.8, 4) is 0 Å². The van der Waals surface area contributed by atoms with E-state index >= 15 is 0 Å². The Morgan fingerprint density at radius 3 is 2.62 bits per heavy atom. The summed E-state index contributed by atoms with van der Waals surface area (Å²) in [6, 6.07) is -0.995. The lowest BCUT2D eigenvalue weighted by Gasteiger charge is -2.18. The van der Waals surface area contributed by atoms with Crippen LogP contribution in [0, 0.1) is 11.8 Å². The predicted molar refractivity (Wildman–Crippen MR) is 56.8 cm³/mol. The fourth-order valence-corrected chi connectivity index (χ4v) is 1.83. The van der Waals surface area contributed by atoms with Gasteiger partial charge < -0.3 is 20.8 Å². The molecule has 0 aliphatic carbocycles. The van der Waals surface area contributed by atoms with Gasteiger partial charge in [-0.05, 0) is 12.5 Å². The Hall–Kier alpha value is -1.14. The third-order valence-corrected chi connectivity index (χ3v) is 2.89. The van der Waals surface area contributed by atoms with Crippen LogP contribution in [0.2, 0.25) is 0 Å². The molecular formula is C10H18N2O4. The van der Waals surface area contributed by atoms with Gasteiger partial charge in [0.15, 0.2) is 0 Å². The van der Waals surface area contributed by atoms with Crippen LogP contribution in [0.25, 0.3) is 0 Å². The van der Waals surface area contributed by atoms with Crippen molar-refractivity contribution < 1.29 is 19.8 Å². The molecule has 1 amide bonds. The van der Waals surface area contributed by atoms with Gasteiger partial charge in [-0.2, -0.15) is 0 Å². The second kappa shape index (κ2) is 5.81. The number of amides is 1. The zero-order valence-corrected chi connectivity index (χ0v) is 9.27. The lowest BCUT2D eigenvalue weighted by atomic mass is 9.97. The lowest BCUT2D eigenvalue weighted by Crippen LogP contribution is -2.45. The third kappa shape index (κ3) is 3.18. The van der Waals surface area contributed by atoms with Gasteiger partial charge in [0.25, 0.3) is 0 Å². The second-order valence-electron chi connectivity index (χ2n) is 4.15. The molecule has 6 nitrogen and oxygen atoms in total. The molecule has 1 saturated heterocycles. The first-order valence-electron chi connectivity index (χ1n) is 5.41. The van der Waals surface area contributed by atoms with Crippen LogP contribution in [0.4, 0.5) is 0 Å². The van der Waals surface area contributed by atoms with Crippen LogP contribution < -0.4 is 10.6 Å². The number of carbonyl (C=O) groups is 2. The molecule has 0 aromatic heterocycles. The molecule has 3 atom stereocenters. The molecule has 1 heterocycles. The molecular weight excluding hydrogens is 212 g/mol. The zero-order valence-electron chi connectivity index (χ0n) is 9.27. The molecule has 1 unspecified atom stereocenters. The highest BCUT2D eigenvalue weighted by Crippen LogP contribution is 2.16. The van der Waals surface area contributed by atoms with Crippen molar-refractivity contribution >= 4 is 11.9 Å². The van der Waals surface area contributed by atoms with E-state index in [1.807, 2.05) is 6.92 Å². The maximum Gasteiger partial charge on any atom is 0.326 e. The number of nitrogens with one attached hydrogen (secondary N) is 2. The molecule has 16 heavy (non-hydrogen) atoms. The molecule has 1 fully saturated rings. The Balaban J connectivity index is 2.50. The molecule has 0 aromatic carbocycles. The van der Waals surface area contributed by atoms with Crippen LogP contribution in [0.1, 0.15) is 13.3 Å². The van der Waals surface area contributed by atoms with Crippen LogP contribution in [0.5, 0.6) is 0 Å². The summed E-state index contributed by atoms with van der Waals surface area (Å²) in [5, 5.41) is 23.0. The normalized spacial score (nSPS) is 26.4. The topological polar surface area (TPSA) is 98.7 Å². The average Bonchev–Trinajstić information content (AvgIpc) is 2.63. The smallest absolute Gasteiger partial charge is 0.326 e. The van der Waals surface area contributed by atoms with E-state index in [4.69, 9.17) is 10.2 Å². The lowest BCUT2D eigenvalue weighted by molar-refractivity contribution is -0.143. The minimum Gasteiger partial charge on any atom is -0.480 e. The summed E-state index contributed by atoms with van der Waals surface area (Å²) >= 11 is 0. The first-order chi connectivity index (χ1) is 7.56. The number of aliphatic carboxylic acids is 1. The van der Waals surface area contributed by atoms with Gasteiger partial charge in [0, 0.05) is 19.6 Å². The Kier molecular flexibility index (Phi) is 4.70. The summed E-state index contributed by atoms with van der Waals surface area (Å²) in [6.45, 7) is 3.05. The Morgan fingerprint density at radius 1 is 1.50 bits per heavy atom. The molecule has 0 saturated carbocycles. The van der Waals surface area contributed by atoms with Crippen molar-refractivity contribution in [2.24, 2.45) is 11.8 Å². The van der Waals surface area contributed by atoms with Gasteiger partial charge >= 0.3 is 5.97 Å². The van der Waals surface area contributed by atoms with Gasteiger partial charge in [-0.1, -0.05) is 6.92 Å². The van der Waals surface area contributed by atoms with E-state index in [1.165, 1.54) is 0 Å². The summed E-state index contributed by atoms with van der Waals surface area (Å²) in [5.74, 6) is -1.33. The van der Waals surface area contributed by atoms with Crippen LogP contribution in [-0.4, -0.2) is 47.8 Å². The third-order valence-electron chi connectivity index (χ3n) is 2.89. The fraction of sp³-hybridized carbons (Fsp3) is 0.800. The van der Waals surface area contributed by atoms with Crippen LogP contribution >= 0.6 is 0 Å². The van der Waals surface area contributed by atoms with Crippen molar-refractivity contribution in [3.63, 3.8) is 0 Å². The highest BCUT2D eigenvalue weighted by atomic mass is 16.4. The van der Waals surface area contributed by atoms with Gasteiger partial charge in [0.2, 0.25) is 5.91 Å². The summed E-state index contributed by atoms with van der Waals surface area (Å²) in [7, 11) is 0. The van der Waals surface area contributed by atoms with Crippen molar-refractivity contribution in [1.82, 2.24) is 10.6 Å². The van der Waals surface area contributed by atoms with Crippen LogP contribution in [-0.2, 0) is 9.59 Å². The maximum absolute atomic E-state index is 11.7. The second-order valence-corrected chi connectivity index (χ2v) is 4.15. The predicted octanol–water partition coefficient (Wildman–Crippen LogP) is -1.21. The van der Waals surface area contributed by atoms with Gasteiger partial charge in [0.05, 0.1) is 5.92 Å². The fourth-order valence-electron chi connectivity index (χ4n) is 1.83. The van der Waals surface area contributed by atoms with E-state index in [0.29, 0.717) is 6.54 Å². The number of rotatable bonds is 5. The molecule has 1 rings (SSSR count). The summed E-state index contributed by atoms with van der Waals surface area (Å²) in [6.07, 6.45) is 0.0373. The Morgan fingerprint density at radius 2 is 2.19 bits per heavy atom. The number of carbonyl (C=O) groups excluding carboxylic acids is 1. The number of carboxylic acid groups (broad SMARTS) is 1. The van der Waals surface area contributed by atoms with E-state index in [9.17, 15) is 9.59 Å². The average molecular weight is 230 g/mol. The molecule has 4 N–H and O–H groups in total. The molecule has 0 bridgehead atoms. The molecule has 0 spiro atoms. The van der Waals surface area contributed by atoms with Gasteiger partial charge in [-0.3, -0.25) is 4.79 Å². The highest BCUT2D eigenvalue weighted by molar-refractivity contribution is 5.85. The molecule has 92 valence electrons. The quantitative estimate of drug-likeness (QED) is 0.475.